The summed E-state index contributed by atoms with van der Waals surface area (Å²) in [5.74, 6) is -1.56. The van der Waals surface area contributed by atoms with E-state index in [1.54, 1.807) is 13.0 Å². The summed E-state index contributed by atoms with van der Waals surface area (Å²) in [6.07, 6.45) is 0. The number of rotatable bonds is 4. The molecule has 1 aromatic heterocycles. The molecule has 1 amide bonds. The van der Waals surface area contributed by atoms with Crippen LogP contribution in [0.2, 0.25) is 5.02 Å². The SMILES string of the molecule is COC(=O)c1sc(NC(=O)c2cc(F)cc(N3CCOCC3)c2)c(C)c1Cl. The smallest absolute Gasteiger partial charge is 0.349 e. The van der Waals surface area contributed by atoms with Crippen molar-refractivity contribution in [2.75, 3.05) is 43.6 Å². The second-order valence-corrected chi connectivity index (χ2v) is 7.34. The van der Waals surface area contributed by atoms with Gasteiger partial charge in [0, 0.05) is 29.9 Å². The van der Waals surface area contributed by atoms with Gasteiger partial charge in [0.1, 0.15) is 15.7 Å². The summed E-state index contributed by atoms with van der Waals surface area (Å²) >= 11 is 7.17. The largest absolute Gasteiger partial charge is 0.465 e. The molecule has 1 aliphatic heterocycles. The number of amides is 1. The molecule has 1 aliphatic rings. The van der Waals surface area contributed by atoms with E-state index in [4.69, 9.17) is 16.3 Å². The Hall–Kier alpha value is -2.16. The highest BCUT2D eigenvalue weighted by molar-refractivity contribution is 7.19. The minimum Gasteiger partial charge on any atom is -0.465 e. The Balaban J connectivity index is 1.84. The Bertz CT molecular complexity index is 880. The van der Waals surface area contributed by atoms with Crippen LogP contribution in [0.15, 0.2) is 18.2 Å². The molecule has 1 aromatic carbocycles. The molecule has 0 radical (unpaired) electrons. The van der Waals surface area contributed by atoms with Crippen molar-refractivity contribution in [3.63, 3.8) is 0 Å². The van der Waals surface area contributed by atoms with Gasteiger partial charge in [-0.2, -0.15) is 0 Å². The maximum Gasteiger partial charge on any atom is 0.349 e. The van der Waals surface area contributed by atoms with Crippen LogP contribution in [-0.4, -0.2) is 45.3 Å². The first-order valence-electron chi connectivity index (χ1n) is 8.22. The van der Waals surface area contributed by atoms with Gasteiger partial charge in [0.25, 0.3) is 5.91 Å². The molecule has 1 saturated heterocycles. The normalized spacial score (nSPS) is 14.1. The van der Waals surface area contributed by atoms with Crippen molar-refractivity contribution in [1.82, 2.24) is 0 Å². The summed E-state index contributed by atoms with van der Waals surface area (Å²) in [6, 6.07) is 4.20. The number of thiophene rings is 1. The van der Waals surface area contributed by atoms with Crippen molar-refractivity contribution >= 4 is 45.5 Å². The van der Waals surface area contributed by atoms with E-state index in [1.165, 1.54) is 19.2 Å². The van der Waals surface area contributed by atoms with Crippen LogP contribution in [0.5, 0.6) is 0 Å². The molecule has 2 aromatic rings. The lowest BCUT2D eigenvalue weighted by molar-refractivity contribution is 0.0606. The highest BCUT2D eigenvalue weighted by Gasteiger charge is 2.22. The maximum atomic E-state index is 14.1. The standard InChI is InChI=1S/C18H18ClFN2O4S/c1-10-14(19)15(18(24)25-2)27-17(10)21-16(23)11-7-12(20)9-13(8-11)22-3-5-26-6-4-22/h7-9H,3-6H2,1-2H3,(H,21,23). The van der Waals surface area contributed by atoms with Gasteiger partial charge in [-0.15, -0.1) is 11.3 Å². The van der Waals surface area contributed by atoms with Gasteiger partial charge in [0.15, 0.2) is 0 Å². The number of morpholine rings is 1. The van der Waals surface area contributed by atoms with Gasteiger partial charge < -0.3 is 19.7 Å². The number of hydrogen-bond donors (Lipinski definition) is 1. The fraction of sp³-hybridized carbons (Fsp3) is 0.333. The number of halogens is 2. The first-order valence-corrected chi connectivity index (χ1v) is 9.42. The van der Waals surface area contributed by atoms with E-state index in [0.717, 1.165) is 11.3 Å². The molecule has 1 N–H and O–H groups in total. The Labute approximate surface area is 164 Å². The van der Waals surface area contributed by atoms with Gasteiger partial charge in [-0.05, 0) is 25.1 Å². The van der Waals surface area contributed by atoms with E-state index < -0.39 is 17.7 Å². The maximum absolute atomic E-state index is 14.1. The summed E-state index contributed by atoms with van der Waals surface area (Å²) in [5, 5.41) is 3.35. The summed E-state index contributed by atoms with van der Waals surface area (Å²) in [5.41, 5.74) is 1.36. The average Bonchev–Trinajstić information content (AvgIpc) is 2.96. The van der Waals surface area contributed by atoms with Crippen molar-refractivity contribution in [3.05, 3.63) is 45.0 Å². The molecule has 27 heavy (non-hydrogen) atoms. The van der Waals surface area contributed by atoms with Crippen LogP contribution in [0.1, 0.15) is 25.6 Å². The predicted octanol–water partition coefficient (Wildman–Crippen LogP) is 3.72. The number of methoxy groups -OCH3 is 1. The second kappa shape index (κ2) is 8.24. The van der Waals surface area contributed by atoms with E-state index in [0.29, 0.717) is 42.6 Å². The molecule has 0 saturated carbocycles. The molecular weight excluding hydrogens is 395 g/mol. The van der Waals surface area contributed by atoms with E-state index in [9.17, 15) is 14.0 Å². The number of carbonyl (C=O) groups is 2. The van der Waals surface area contributed by atoms with E-state index >= 15 is 0 Å². The Kier molecular flexibility index (Phi) is 5.98. The first kappa shape index (κ1) is 19.6. The molecular formula is C18H18ClFN2O4S. The Morgan fingerprint density at radius 1 is 1.30 bits per heavy atom. The molecule has 9 heteroatoms. The average molecular weight is 413 g/mol. The minimum absolute atomic E-state index is 0.181. The first-order chi connectivity index (χ1) is 12.9. The molecule has 3 rings (SSSR count). The minimum atomic E-state index is -0.575. The third kappa shape index (κ3) is 4.23. The number of nitrogens with one attached hydrogen (secondary N) is 1. The lowest BCUT2D eigenvalue weighted by Crippen LogP contribution is -2.36. The highest BCUT2D eigenvalue weighted by Crippen LogP contribution is 2.37. The van der Waals surface area contributed by atoms with E-state index in [1.807, 2.05) is 4.90 Å². The number of anilines is 2. The van der Waals surface area contributed by atoms with Crippen LogP contribution in [0.4, 0.5) is 15.1 Å². The molecule has 0 spiro atoms. The van der Waals surface area contributed by atoms with E-state index in [-0.39, 0.29) is 15.5 Å². The lowest BCUT2D eigenvalue weighted by Gasteiger charge is -2.29. The monoisotopic (exact) mass is 412 g/mol. The number of nitrogens with zero attached hydrogens (tertiary/aromatic N) is 1. The molecule has 0 aliphatic carbocycles. The number of hydrogen-bond acceptors (Lipinski definition) is 6. The molecule has 144 valence electrons. The number of ether oxygens (including phenoxy) is 2. The molecule has 0 atom stereocenters. The third-order valence-electron chi connectivity index (χ3n) is 4.19. The number of carbonyl (C=O) groups excluding carboxylic acids is 2. The summed E-state index contributed by atoms with van der Waals surface area (Å²) in [6.45, 7) is 4.06. The quantitative estimate of drug-likeness (QED) is 0.775. The predicted molar refractivity (Wildman–Crippen MR) is 103 cm³/mol. The molecule has 6 nitrogen and oxygen atoms in total. The van der Waals surface area contributed by atoms with Gasteiger partial charge in [-0.3, -0.25) is 4.79 Å². The fourth-order valence-electron chi connectivity index (χ4n) is 2.72. The number of esters is 1. The Morgan fingerprint density at radius 3 is 2.67 bits per heavy atom. The van der Waals surface area contributed by atoms with Crippen LogP contribution in [0, 0.1) is 12.7 Å². The molecule has 1 fully saturated rings. The third-order valence-corrected chi connectivity index (χ3v) is 5.96. The van der Waals surface area contributed by atoms with Crippen molar-refractivity contribution in [2.45, 2.75) is 6.92 Å². The van der Waals surface area contributed by atoms with Gasteiger partial charge in [-0.25, -0.2) is 9.18 Å². The summed E-state index contributed by atoms with van der Waals surface area (Å²) < 4.78 is 24.0. The lowest BCUT2D eigenvalue weighted by atomic mass is 10.1. The van der Waals surface area contributed by atoms with E-state index in [2.05, 4.69) is 10.1 Å². The zero-order chi connectivity index (χ0) is 19.6. The molecule has 0 unspecified atom stereocenters. The van der Waals surface area contributed by atoms with Crippen LogP contribution >= 0.6 is 22.9 Å². The second-order valence-electron chi connectivity index (χ2n) is 5.94. The van der Waals surface area contributed by atoms with Gasteiger partial charge >= 0.3 is 5.97 Å². The molecule has 0 bridgehead atoms. The van der Waals surface area contributed by atoms with Crippen molar-refractivity contribution in [2.24, 2.45) is 0 Å². The van der Waals surface area contributed by atoms with Crippen LogP contribution in [-0.2, 0) is 9.47 Å². The van der Waals surface area contributed by atoms with Crippen molar-refractivity contribution in [1.29, 1.82) is 0 Å². The van der Waals surface area contributed by atoms with Crippen LogP contribution in [0.3, 0.4) is 0 Å². The number of benzene rings is 1. The van der Waals surface area contributed by atoms with Gasteiger partial charge in [-0.1, -0.05) is 11.6 Å². The zero-order valence-electron chi connectivity index (χ0n) is 14.8. The summed E-state index contributed by atoms with van der Waals surface area (Å²) in [4.78, 5) is 26.6. The van der Waals surface area contributed by atoms with Crippen molar-refractivity contribution in [3.8, 4) is 0 Å². The van der Waals surface area contributed by atoms with Gasteiger partial charge in [0.05, 0.1) is 25.3 Å². The van der Waals surface area contributed by atoms with Crippen molar-refractivity contribution < 1.29 is 23.5 Å². The van der Waals surface area contributed by atoms with Crippen LogP contribution in [0.25, 0.3) is 0 Å². The van der Waals surface area contributed by atoms with Crippen LogP contribution < -0.4 is 10.2 Å². The topological polar surface area (TPSA) is 67.9 Å². The highest BCUT2D eigenvalue weighted by atomic mass is 35.5. The summed E-state index contributed by atoms with van der Waals surface area (Å²) in [7, 11) is 1.26. The fourth-order valence-corrected chi connectivity index (χ4v) is 4.08. The molecule has 2 heterocycles. The zero-order valence-corrected chi connectivity index (χ0v) is 16.4. The Morgan fingerprint density at radius 2 is 2.00 bits per heavy atom. The van der Waals surface area contributed by atoms with Gasteiger partial charge in [0.2, 0.25) is 0 Å².